The van der Waals surface area contributed by atoms with E-state index in [1.165, 1.54) is 6.33 Å². The van der Waals surface area contributed by atoms with Crippen molar-refractivity contribution in [1.82, 2.24) is 19.9 Å². The van der Waals surface area contributed by atoms with Crippen LogP contribution >= 0.6 is 0 Å². The normalized spacial score (nSPS) is 13.9. The van der Waals surface area contributed by atoms with E-state index in [4.69, 9.17) is 14.5 Å². The molecule has 4 aromatic rings. The van der Waals surface area contributed by atoms with Crippen molar-refractivity contribution >= 4 is 34.2 Å². The van der Waals surface area contributed by atoms with Crippen LogP contribution in [0.1, 0.15) is 23.1 Å². The molecular formula is C27H30FN7O2. The number of alkyl halides is 1. The van der Waals surface area contributed by atoms with Crippen molar-refractivity contribution < 1.29 is 13.9 Å². The molecule has 37 heavy (non-hydrogen) atoms. The predicted molar refractivity (Wildman–Crippen MR) is 142 cm³/mol. The number of benzene rings is 2. The molecular weight excluding hydrogens is 473 g/mol. The largest absolute Gasteiger partial charge is 0.496 e. The molecule has 1 aliphatic rings. The van der Waals surface area contributed by atoms with Crippen molar-refractivity contribution in [2.45, 2.75) is 26.6 Å². The van der Waals surface area contributed by atoms with Gasteiger partial charge in [0.1, 0.15) is 29.8 Å². The summed E-state index contributed by atoms with van der Waals surface area (Å²) in [6.45, 7) is 5.02. The molecule has 0 saturated carbocycles. The van der Waals surface area contributed by atoms with E-state index < -0.39 is 6.67 Å². The lowest BCUT2D eigenvalue weighted by Gasteiger charge is -2.20. The molecule has 0 aliphatic carbocycles. The maximum absolute atomic E-state index is 13.3. The molecule has 192 valence electrons. The second kappa shape index (κ2) is 11.3. The van der Waals surface area contributed by atoms with Crippen LogP contribution < -0.4 is 20.3 Å². The number of aromatic nitrogens is 4. The van der Waals surface area contributed by atoms with Gasteiger partial charge < -0.3 is 25.0 Å². The first-order valence-corrected chi connectivity index (χ1v) is 12.3. The number of hydrogen-bond acceptors (Lipinski definition) is 9. The quantitative estimate of drug-likeness (QED) is 0.352. The second-order valence-electron chi connectivity index (χ2n) is 8.87. The molecule has 1 saturated heterocycles. The monoisotopic (exact) mass is 503 g/mol. The van der Waals surface area contributed by atoms with E-state index in [-0.39, 0.29) is 0 Å². The lowest BCUT2D eigenvalue weighted by molar-refractivity contribution is 0.152. The summed E-state index contributed by atoms with van der Waals surface area (Å²) in [5, 5.41) is 6.82. The molecule has 2 aromatic heterocycles. The zero-order valence-corrected chi connectivity index (χ0v) is 21.0. The Morgan fingerprint density at radius 2 is 2.00 bits per heavy atom. The second-order valence-corrected chi connectivity index (χ2v) is 8.87. The lowest BCUT2D eigenvalue weighted by Crippen LogP contribution is -2.27. The minimum absolute atomic E-state index is 0.517. The van der Waals surface area contributed by atoms with E-state index in [2.05, 4.69) is 48.7 Å². The van der Waals surface area contributed by atoms with Gasteiger partial charge in [-0.25, -0.2) is 24.3 Å². The van der Waals surface area contributed by atoms with Crippen LogP contribution in [-0.2, 0) is 18.0 Å². The summed E-state index contributed by atoms with van der Waals surface area (Å²) in [7, 11) is 1.54. The first-order valence-electron chi connectivity index (χ1n) is 12.3. The van der Waals surface area contributed by atoms with Gasteiger partial charge in [0.05, 0.1) is 19.9 Å². The van der Waals surface area contributed by atoms with Gasteiger partial charge in [0.15, 0.2) is 5.82 Å². The van der Waals surface area contributed by atoms with E-state index in [0.29, 0.717) is 47.3 Å². The Morgan fingerprint density at radius 1 is 1.08 bits per heavy atom. The summed E-state index contributed by atoms with van der Waals surface area (Å²) in [4.78, 5) is 20.3. The molecule has 2 aromatic carbocycles. The highest BCUT2D eigenvalue weighted by molar-refractivity contribution is 5.87. The van der Waals surface area contributed by atoms with Gasteiger partial charge in [-0.3, -0.25) is 0 Å². The van der Waals surface area contributed by atoms with Gasteiger partial charge >= 0.3 is 0 Å². The Balaban J connectivity index is 1.36. The molecule has 0 radical (unpaired) electrons. The molecule has 0 unspecified atom stereocenters. The molecule has 0 amide bonds. The van der Waals surface area contributed by atoms with Gasteiger partial charge in [-0.05, 0) is 48.7 Å². The van der Waals surface area contributed by atoms with Crippen molar-refractivity contribution in [3.63, 3.8) is 0 Å². The molecule has 5 rings (SSSR count). The zero-order chi connectivity index (χ0) is 25.6. The van der Waals surface area contributed by atoms with Crippen LogP contribution in [0.2, 0.25) is 0 Å². The number of fused-ring (bicyclic) bond motifs is 1. The Morgan fingerprint density at radius 3 is 2.86 bits per heavy atom. The predicted octanol–water partition coefficient (Wildman–Crippen LogP) is 4.79. The van der Waals surface area contributed by atoms with E-state index >= 15 is 0 Å². The average molecular weight is 504 g/mol. The minimum Gasteiger partial charge on any atom is -0.496 e. The van der Waals surface area contributed by atoms with Crippen LogP contribution in [0.25, 0.3) is 11.0 Å². The molecule has 1 aliphatic heterocycles. The van der Waals surface area contributed by atoms with Crippen molar-refractivity contribution in [2.75, 3.05) is 48.9 Å². The minimum atomic E-state index is -0.582. The molecule has 2 N–H and O–H groups in total. The fraction of sp³-hybridized carbons (Fsp3) is 0.333. The van der Waals surface area contributed by atoms with Gasteiger partial charge in [-0.2, -0.15) is 0 Å². The maximum atomic E-state index is 13.3. The van der Waals surface area contributed by atoms with Crippen LogP contribution in [-0.4, -0.2) is 53.3 Å². The third-order valence-corrected chi connectivity index (χ3v) is 6.35. The Labute approximate surface area is 215 Å². The van der Waals surface area contributed by atoms with Crippen molar-refractivity contribution in [1.29, 1.82) is 0 Å². The number of nitrogens with zero attached hydrogens (tertiary/aromatic N) is 5. The van der Waals surface area contributed by atoms with E-state index in [0.717, 1.165) is 48.6 Å². The fourth-order valence-electron chi connectivity index (χ4n) is 4.27. The van der Waals surface area contributed by atoms with Gasteiger partial charge in [0.2, 0.25) is 5.95 Å². The summed E-state index contributed by atoms with van der Waals surface area (Å²) in [6.07, 6.45) is 4.19. The summed E-state index contributed by atoms with van der Waals surface area (Å²) < 4.78 is 24.1. The number of hydrogen-bond donors (Lipinski definition) is 2. The van der Waals surface area contributed by atoms with Crippen LogP contribution in [0.3, 0.4) is 0 Å². The number of rotatable bonds is 8. The number of aryl methyl sites for hydroxylation is 1. The standard InChI is InChI=1S/C27H30FN7O2/c1-18-4-5-19(15-29-21-6-7-24(36-2)20(13-21)14-28)12-22(18)33-26-25-23(31-17-32-26)16-30-27(34-25)35-8-3-10-37-11-9-35/h4-7,12-13,16-17,29H,3,8-11,14-15H2,1-2H3,(H,31,32,33). The highest BCUT2D eigenvalue weighted by Gasteiger charge is 2.16. The highest BCUT2D eigenvalue weighted by atomic mass is 19.1. The van der Waals surface area contributed by atoms with Crippen molar-refractivity contribution in [2.24, 2.45) is 0 Å². The van der Waals surface area contributed by atoms with Crippen LogP contribution in [0, 0.1) is 6.92 Å². The molecule has 10 heteroatoms. The highest BCUT2D eigenvalue weighted by Crippen LogP contribution is 2.27. The van der Waals surface area contributed by atoms with Gasteiger partial charge in [0, 0.05) is 43.2 Å². The van der Waals surface area contributed by atoms with Crippen molar-refractivity contribution in [3.8, 4) is 5.75 Å². The molecule has 9 nitrogen and oxygen atoms in total. The summed E-state index contributed by atoms with van der Waals surface area (Å²) in [5.74, 6) is 1.82. The van der Waals surface area contributed by atoms with E-state index in [1.54, 1.807) is 25.4 Å². The first kappa shape index (κ1) is 24.6. The summed E-state index contributed by atoms with van der Waals surface area (Å²) >= 11 is 0. The van der Waals surface area contributed by atoms with Crippen LogP contribution in [0.15, 0.2) is 48.9 Å². The van der Waals surface area contributed by atoms with Crippen LogP contribution in [0.4, 0.5) is 27.5 Å². The molecule has 0 atom stereocenters. The third-order valence-electron chi connectivity index (χ3n) is 6.35. The zero-order valence-electron chi connectivity index (χ0n) is 21.0. The third kappa shape index (κ3) is 5.69. The molecule has 3 heterocycles. The van der Waals surface area contributed by atoms with E-state index in [1.807, 2.05) is 13.0 Å². The molecule has 1 fully saturated rings. The van der Waals surface area contributed by atoms with Crippen LogP contribution in [0.5, 0.6) is 5.75 Å². The van der Waals surface area contributed by atoms with Gasteiger partial charge in [-0.1, -0.05) is 12.1 Å². The summed E-state index contributed by atoms with van der Waals surface area (Å²) in [6, 6.07) is 11.6. The van der Waals surface area contributed by atoms with Crippen molar-refractivity contribution in [3.05, 3.63) is 65.6 Å². The molecule has 0 bridgehead atoms. The van der Waals surface area contributed by atoms with Gasteiger partial charge in [-0.15, -0.1) is 0 Å². The SMILES string of the molecule is COc1ccc(NCc2ccc(C)c(Nc3ncnc4cnc(N5CCCOCC5)nc34)c2)cc1CF. The maximum Gasteiger partial charge on any atom is 0.226 e. The number of halogens is 1. The number of ether oxygens (including phenoxy) is 2. The molecule has 0 spiro atoms. The first-order chi connectivity index (χ1) is 18.1. The number of nitrogens with one attached hydrogen (secondary N) is 2. The summed E-state index contributed by atoms with van der Waals surface area (Å²) in [5.41, 5.74) is 5.73. The Kier molecular flexibility index (Phi) is 7.55. The Hall–Kier alpha value is -4.05. The smallest absolute Gasteiger partial charge is 0.226 e. The number of methoxy groups -OCH3 is 1. The lowest BCUT2D eigenvalue weighted by atomic mass is 10.1. The fourth-order valence-corrected chi connectivity index (χ4v) is 4.27. The topological polar surface area (TPSA) is 97.3 Å². The Bertz CT molecular complexity index is 1380. The average Bonchev–Trinajstić information content (AvgIpc) is 3.23. The number of anilines is 4. The van der Waals surface area contributed by atoms with E-state index in [9.17, 15) is 4.39 Å². The van der Waals surface area contributed by atoms with Gasteiger partial charge in [0.25, 0.3) is 0 Å².